The molecule has 0 bridgehead atoms. The maximum Gasteiger partial charge on any atom is 0.334 e. The number of hydrogen-bond acceptors (Lipinski definition) is 2. The molecule has 2 aromatic rings. The van der Waals surface area contributed by atoms with E-state index in [0.29, 0.717) is 0 Å². The number of aryl methyl sites for hydroxylation is 1. The van der Waals surface area contributed by atoms with Gasteiger partial charge in [0.05, 0.1) is 0 Å². The van der Waals surface area contributed by atoms with Crippen LogP contribution in [0.5, 0.6) is 0 Å². The Hall–Kier alpha value is -2.35. The molecule has 1 heterocycles. The maximum absolute atomic E-state index is 11.9. The minimum absolute atomic E-state index is 0.185. The van der Waals surface area contributed by atoms with Crippen molar-refractivity contribution < 1.29 is 9.53 Å². The Balaban J connectivity index is 1.69. The first-order valence-electron chi connectivity index (χ1n) is 6.83. The lowest BCUT2D eigenvalue weighted by atomic mass is 10.0. The van der Waals surface area contributed by atoms with Gasteiger partial charge in [-0.15, -0.1) is 0 Å². The Kier molecular flexibility index (Phi) is 3.64. The first-order valence-corrected chi connectivity index (χ1v) is 6.83. The third-order valence-corrected chi connectivity index (χ3v) is 3.50. The molecule has 2 aromatic carbocycles. The number of benzene rings is 2. The van der Waals surface area contributed by atoms with Crippen molar-refractivity contribution in [3.05, 3.63) is 83.4 Å². The zero-order chi connectivity index (χ0) is 13.8. The summed E-state index contributed by atoms with van der Waals surface area (Å²) in [5.41, 5.74) is 3.04. The highest BCUT2D eigenvalue weighted by Gasteiger charge is 2.25. The normalized spacial score (nSPS) is 17.7. The predicted octanol–water partition coefficient (Wildman–Crippen LogP) is 3.84. The number of carbonyl (C=O) groups excluding carboxylic acids is 1. The van der Waals surface area contributed by atoms with Crippen LogP contribution in [0.3, 0.4) is 0 Å². The molecule has 0 saturated heterocycles. The largest absolute Gasteiger partial charge is 0.450 e. The van der Waals surface area contributed by atoms with Gasteiger partial charge in [0.2, 0.25) is 0 Å². The van der Waals surface area contributed by atoms with Crippen LogP contribution in [0.25, 0.3) is 0 Å². The van der Waals surface area contributed by atoms with E-state index in [0.717, 1.165) is 24.0 Å². The van der Waals surface area contributed by atoms with Crippen LogP contribution in [0.15, 0.2) is 72.3 Å². The van der Waals surface area contributed by atoms with Crippen LogP contribution in [-0.4, -0.2) is 5.97 Å². The smallest absolute Gasteiger partial charge is 0.334 e. The van der Waals surface area contributed by atoms with E-state index in [1.165, 1.54) is 5.56 Å². The minimum atomic E-state index is -0.227. The molecule has 0 fully saturated rings. The number of cyclic esters (lactones) is 1. The summed E-state index contributed by atoms with van der Waals surface area (Å²) < 4.78 is 5.42. The lowest BCUT2D eigenvalue weighted by Gasteiger charge is -2.07. The molecule has 1 aliphatic rings. The minimum Gasteiger partial charge on any atom is -0.450 e. The Morgan fingerprint density at radius 2 is 1.50 bits per heavy atom. The molecule has 1 aliphatic heterocycles. The molecule has 0 spiro atoms. The topological polar surface area (TPSA) is 26.3 Å². The van der Waals surface area contributed by atoms with E-state index in [2.05, 4.69) is 12.1 Å². The van der Waals surface area contributed by atoms with Crippen molar-refractivity contribution in [1.29, 1.82) is 0 Å². The van der Waals surface area contributed by atoms with Crippen LogP contribution in [0.1, 0.15) is 23.7 Å². The molecular weight excluding hydrogens is 248 g/mol. The molecule has 0 radical (unpaired) electrons. The van der Waals surface area contributed by atoms with Gasteiger partial charge in [-0.25, -0.2) is 4.79 Å². The molecule has 0 amide bonds. The zero-order valence-corrected chi connectivity index (χ0v) is 11.2. The van der Waals surface area contributed by atoms with Crippen LogP contribution >= 0.6 is 0 Å². The summed E-state index contributed by atoms with van der Waals surface area (Å²) in [7, 11) is 0. The van der Waals surface area contributed by atoms with Crippen molar-refractivity contribution in [3.63, 3.8) is 0 Å². The molecular formula is C18H16O2. The monoisotopic (exact) mass is 264 g/mol. The van der Waals surface area contributed by atoms with Crippen molar-refractivity contribution in [1.82, 2.24) is 0 Å². The SMILES string of the molecule is O=C1OC(c2ccccc2)C=C1CCc1ccccc1. The third kappa shape index (κ3) is 2.80. The summed E-state index contributed by atoms with van der Waals surface area (Å²) in [6, 6.07) is 20.0. The quantitative estimate of drug-likeness (QED) is 0.784. The summed E-state index contributed by atoms with van der Waals surface area (Å²) in [6.45, 7) is 0. The van der Waals surface area contributed by atoms with Crippen molar-refractivity contribution in [2.24, 2.45) is 0 Å². The van der Waals surface area contributed by atoms with E-state index in [9.17, 15) is 4.79 Å². The summed E-state index contributed by atoms with van der Waals surface area (Å²) in [5, 5.41) is 0. The van der Waals surface area contributed by atoms with E-state index in [-0.39, 0.29) is 12.1 Å². The first kappa shape index (κ1) is 12.7. The second-order valence-electron chi connectivity index (χ2n) is 4.91. The van der Waals surface area contributed by atoms with E-state index in [1.807, 2.05) is 54.6 Å². The molecule has 0 aliphatic carbocycles. The van der Waals surface area contributed by atoms with Crippen LogP contribution in [0.2, 0.25) is 0 Å². The van der Waals surface area contributed by atoms with E-state index in [1.54, 1.807) is 0 Å². The summed E-state index contributed by atoms with van der Waals surface area (Å²) >= 11 is 0. The second-order valence-corrected chi connectivity index (χ2v) is 4.91. The zero-order valence-electron chi connectivity index (χ0n) is 11.2. The number of esters is 1. The van der Waals surface area contributed by atoms with Gasteiger partial charge in [0, 0.05) is 5.57 Å². The summed E-state index contributed by atoms with van der Waals surface area (Å²) in [6.07, 6.45) is 3.31. The highest BCUT2D eigenvalue weighted by molar-refractivity contribution is 5.91. The van der Waals surface area contributed by atoms with Gasteiger partial charge < -0.3 is 4.74 Å². The van der Waals surface area contributed by atoms with Gasteiger partial charge >= 0.3 is 5.97 Å². The second kappa shape index (κ2) is 5.74. The van der Waals surface area contributed by atoms with Crippen LogP contribution in [0.4, 0.5) is 0 Å². The molecule has 0 aromatic heterocycles. The van der Waals surface area contributed by atoms with E-state index < -0.39 is 0 Å². The molecule has 2 heteroatoms. The molecule has 3 rings (SSSR count). The number of hydrogen-bond donors (Lipinski definition) is 0. The maximum atomic E-state index is 11.9. The number of rotatable bonds is 4. The van der Waals surface area contributed by atoms with E-state index >= 15 is 0 Å². The van der Waals surface area contributed by atoms with Crippen LogP contribution < -0.4 is 0 Å². The van der Waals surface area contributed by atoms with Crippen molar-refractivity contribution in [3.8, 4) is 0 Å². The molecule has 1 atom stereocenters. The lowest BCUT2D eigenvalue weighted by Crippen LogP contribution is -2.03. The highest BCUT2D eigenvalue weighted by atomic mass is 16.5. The average molecular weight is 264 g/mol. The number of ether oxygens (including phenoxy) is 1. The lowest BCUT2D eigenvalue weighted by molar-refractivity contribution is -0.140. The average Bonchev–Trinajstić information content (AvgIpc) is 2.88. The first-order chi connectivity index (χ1) is 9.83. The fourth-order valence-electron chi connectivity index (χ4n) is 2.39. The van der Waals surface area contributed by atoms with E-state index in [4.69, 9.17) is 4.74 Å². The van der Waals surface area contributed by atoms with Crippen molar-refractivity contribution in [2.75, 3.05) is 0 Å². The Morgan fingerprint density at radius 1 is 0.850 bits per heavy atom. The van der Waals surface area contributed by atoms with Gasteiger partial charge in [-0.05, 0) is 30.0 Å². The molecule has 100 valence electrons. The van der Waals surface area contributed by atoms with Gasteiger partial charge in [0.1, 0.15) is 6.10 Å². The summed E-state index contributed by atoms with van der Waals surface area (Å²) in [4.78, 5) is 11.9. The van der Waals surface area contributed by atoms with Gasteiger partial charge in [-0.3, -0.25) is 0 Å². The van der Waals surface area contributed by atoms with Gasteiger partial charge in [0.25, 0.3) is 0 Å². The molecule has 0 saturated carbocycles. The van der Waals surface area contributed by atoms with Gasteiger partial charge in [-0.1, -0.05) is 60.7 Å². The van der Waals surface area contributed by atoms with Crippen molar-refractivity contribution >= 4 is 5.97 Å². The fraction of sp³-hybridized carbons (Fsp3) is 0.167. The van der Waals surface area contributed by atoms with Gasteiger partial charge in [-0.2, -0.15) is 0 Å². The molecule has 0 N–H and O–H groups in total. The Labute approximate surface area is 118 Å². The Bertz CT molecular complexity index is 614. The molecule has 20 heavy (non-hydrogen) atoms. The molecule has 1 unspecified atom stereocenters. The fourth-order valence-corrected chi connectivity index (χ4v) is 2.39. The van der Waals surface area contributed by atoms with Crippen LogP contribution in [-0.2, 0) is 16.0 Å². The molecule has 2 nitrogen and oxygen atoms in total. The van der Waals surface area contributed by atoms with Crippen LogP contribution in [0, 0.1) is 0 Å². The predicted molar refractivity (Wildman–Crippen MR) is 78.1 cm³/mol. The van der Waals surface area contributed by atoms with Gasteiger partial charge in [0.15, 0.2) is 0 Å². The summed E-state index contributed by atoms with van der Waals surface area (Å²) in [5.74, 6) is -0.185. The standard InChI is InChI=1S/C18H16O2/c19-18-16(12-11-14-7-3-1-4-8-14)13-17(20-18)15-9-5-2-6-10-15/h1-10,13,17H,11-12H2. The number of carbonyl (C=O) groups is 1. The third-order valence-electron chi connectivity index (χ3n) is 3.50. The Morgan fingerprint density at radius 3 is 2.20 bits per heavy atom. The van der Waals surface area contributed by atoms with Crippen molar-refractivity contribution in [2.45, 2.75) is 18.9 Å². The highest BCUT2D eigenvalue weighted by Crippen LogP contribution is 2.29.